The molecule has 0 bridgehead atoms. The number of rotatable bonds is 1. The molecule has 2 heteroatoms. The molecule has 2 aromatic rings. The summed E-state index contributed by atoms with van der Waals surface area (Å²) in [5, 5.41) is 11.7. The van der Waals surface area contributed by atoms with Crippen molar-refractivity contribution in [3.05, 3.63) is 48.3 Å². The molecular formula is C13H13NO. The van der Waals surface area contributed by atoms with Crippen molar-refractivity contribution in [1.29, 1.82) is 0 Å². The Hall–Kier alpha value is -1.83. The highest BCUT2D eigenvalue weighted by atomic mass is 16.3. The number of pyridine rings is 1. The number of aryl methyl sites for hydroxylation is 2. The third-order valence-corrected chi connectivity index (χ3v) is 2.43. The number of nitrogens with zero attached hydrogens (tertiary/aromatic N) is 1. The molecule has 0 spiro atoms. The molecule has 0 saturated carbocycles. The van der Waals surface area contributed by atoms with Crippen molar-refractivity contribution in [3.63, 3.8) is 0 Å². The van der Waals surface area contributed by atoms with E-state index in [1.807, 2.05) is 50.5 Å². The highest BCUT2D eigenvalue weighted by molar-refractivity contribution is 5.68. The van der Waals surface area contributed by atoms with E-state index in [9.17, 15) is 5.11 Å². The summed E-state index contributed by atoms with van der Waals surface area (Å²) in [7, 11) is 1.85. The van der Waals surface area contributed by atoms with Gasteiger partial charge in [-0.1, -0.05) is 29.8 Å². The molecule has 2 rings (SSSR count). The maximum atomic E-state index is 11.7. The predicted octanol–water partition coefficient (Wildman–Crippen LogP) is 1.56. The molecule has 0 unspecified atom stereocenters. The van der Waals surface area contributed by atoms with Gasteiger partial charge < -0.3 is 5.11 Å². The van der Waals surface area contributed by atoms with Crippen molar-refractivity contribution in [3.8, 4) is 16.9 Å². The zero-order valence-electron chi connectivity index (χ0n) is 8.90. The molecule has 0 aliphatic carbocycles. The molecule has 0 fully saturated rings. The zero-order chi connectivity index (χ0) is 10.8. The van der Waals surface area contributed by atoms with E-state index in [4.69, 9.17) is 0 Å². The highest BCUT2D eigenvalue weighted by Gasteiger charge is 2.01. The predicted molar refractivity (Wildman–Crippen MR) is 57.2 cm³/mol. The average molecular weight is 199 g/mol. The van der Waals surface area contributed by atoms with Crippen molar-refractivity contribution in [1.82, 2.24) is 0 Å². The van der Waals surface area contributed by atoms with Gasteiger partial charge in [0.25, 0.3) is 0 Å². The molecule has 15 heavy (non-hydrogen) atoms. The molecule has 0 amide bonds. The Morgan fingerprint density at radius 2 is 1.73 bits per heavy atom. The summed E-state index contributed by atoms with van der Waals surface area (Å²) < 4.78 is 1.76. The van der Waals surface area contributed by atoms with Crippen LogP contribution < -0.4 is 9.67 Å². The summed E-state index contributed by atoms with van der Waals surface area (Å²) in [6, 6.07) is 9.84. The Morgan fingerprint density at radius 3 is 2.33 bits per heavy atom. The van der Waals surface area contributed by atoms with Gasteiger partial charge in [-0.2, -0.15) is 0 Å². The summed E-state index contributed by atoms with van der Waals surface area (Å²) in [5.74, 6) is 0.0591. The van der Waals surface area contributed by atoms with Crippen LogP contribution in [0.15, 0.2) is 42.7 Å². The van der Waals surface area contributed by atoms with Crippen LogP contribution in [0.25, 0.3) is 11.1 Å². The van der Waals surface area contributed by atoms with Crippen molar-refractivity contribution in [2.24, 2.45) is 7.05 Å². The lowest BCUT2D eigenvalue weighted by molar-refractivity contribution is -0.673. The molecular weight excluding hydrogens is 186 g/mol. The minimum absolute atomic E-state index is 0.0591. The van der Waals surface area contributed by atoms with Gasteiger partial charge in [-0.3, -0.25) is 0 Å². The zero-order valence-corrected chi connectivity index (χ0v) is 8.90. The van der Waals surface area contributed by atoms with Gasteiger partial charge in [-0.05, 0) is 23.8 Å². The van der Waals surface area contributed by atoms with Gasteiger partial charge in [0.2, 0.25) is 0 Å². The van der Waals surface area contributed by atoms with E-state index in [1.165, 1.54) is 5.56 Å². The van der Waals surface area contributed by atoms with Crippen molar-refractivity contribution in [2.75, 3.05) is 0 Å². The normalized spacial score (nSPS) is 10.3. The Morgan fingerprint density at radius 1 is 1.07 bits per heavy atom. The molecule has 0 N–H and O–H groups in total. The van der Waals surface area contributed by atoms with Crippen LogP contribution in [-0.2, 0) is 7.05 Å². The van der Waals surface area contributed by atoms with Crippen LogP contribution in [0.2, 0.25) is 0 Å². The van der Waals surface area contributed by atoms with Crippen LogP contribution in [0.3, 0.4) is 0 Å². The fourth-order valence-electron chi connectivity index (χ4n) is 1.54. The lowest BCUT2D eigenvalue weighted by Crippen LogP contribution is -2.27. The van der Waals surface area contributed by atoms with Gasteiger partial charge in [0, 0.05) is 6.07 Å². The Balaban J connectivity index is 2.49. The summed E-state index contributed by atoms with van der Waals surface area (Å²) >= 11 is 0. The maximum Gasteiger partial charge on any atom is 0.169 e. The monoisotopic (exact) mass is 199 g/mol. The first-order valence-electron chi connectivity index (χ1n) is 4.90. The van der Waals surface area contributed by atoms with Gasteiger partial charge in [0.05, 0.1) is 0 Å². The first-order valence-corrected chi connectivity index (χ1v) is 4.90. The molecule has 0 saturated heterocycles. The first-order chi connectivity index (χ1) is 7.16. The minimum Gasteiger partial charge on any atom is -0.868 e. The molecule has 0 aliphatic rings. The summed E-state index contributed by atoms with van der Waals surface area (Å²) in [5.41, 5.74) is 2.94. The van der Waals surface area contributed by atoms with Gasteiger partial charge in [-0.15, -0.1) is 0 Å². The quantitative estimate of drug-likeness (QED) is 0.640. The SMILES string of the molecule is Cc1ccc(-c2cc[n+](C)cc2[O-])cc1. The second kappa shape index (κ2) is 3.73. The second-order valence-electron chi connectivity index (χ2n) is 3.75. The first kappa shape index (κ1) is 9.71. The Bertz CT molecular complexity index is 474. The lowest BCUT2D eigenvalue weighted by Gasteiger charge is -2.10. The smallest absolute Gasteiger partial charge is 0.169 e. The number of benzene rings is 1. The van der Waals surface area contributed by atoms with E-state index in [0.717, 1.165) is 11.1 Å². The largest absolute Gasteiger partial charge is 0.868 e. The Kier molecular flexibility index (Phi) is 2.42. The molecule has 0 atom stereocenters. The van der Waals surface area contributed by atoms with Crippen molar-refractivity contribution < 1.29 is 9.67 Å². The number of hydrogen-bond donors (Lipinski definition) is 0. The van der Waals surface area contributed by atoms with Crippen LogP contribution in [0, 0.1) is 6.92 Å². The fourth-order valence-corrected chi connectivity index (χ4v) is 1.54. The molecule has 0 radical (unpaired) electrons. The molecule has 76 valence electrons. The maximum absolute atomic E-state index is 11.7. The van der Waals surface area contributed by atoms with Crippen molar-refractivity contribution in [2.45, 2.75) is 6.92 Å². The minimum atomic E-state index is 0.0591. The van der Waals surface area contributed by atoms with Crippen LogP contribution in [0.1, 0.15) is 5.56 Å². The van der Waals surface area contributed by atoms with Gasteiger partial charge in [0.1, 0.15) is 7.05 Å². The highest BCUT2D eigenvalue weighted by Crippen LogP contribution is 2.25. The molecule has 1 heterocycles. The van der Waals surface area contributed by atoms with Gasteiger partial charge in [0.15, 0.2) is 12.4 Å². The molecule has 0 aliphatic heterocycles. The average Bonchev–Trinajstić information content (AvgIpc) is 2.20. The van der Waals surface area contributed by atoms with Crippen LogP contribution >= 0.6 is 0 Å². The summed E-state index contributed by atoms with van der Waals surface area (Å²) in [6.45, 7) is 2.03. The van der Waals surface area contributed by atoms with Crippen LogP contribution in [-0.4, -0.2) is 0 Å². The van der Waals surface area contributed by atoms with E-state index in [2.05, 4.69) is 0 Å². The lowest BCUT2D eigenvalue weighted by atomic mass is 10.0. The number of hydrogen-bond acceptors (Lipinski definition) is 1. The van der Waals surface area contributed by atoms with E-state index in [-0.39, 0.29) is 5.75 Å². The van der Waals surface area contributed by atoms with Crippen LogP contribution in [0.4, 0.5) is 0 Å². The van der Waals surface area contributed by atoms with E-state index in [0.29, 0.717) is 0 Å². The second-order valence-corrected chi connectivity index (χ2v) is 3.75. The third-order valence-electron chi connectivity index (χ3n) is 2.43. The van der Waals surface area contributed by atoms with Crippen molar-refractivity contribution >= 4 is 0 Å². The molecule has 1 aromatic heterocycles. The standard InChI is InChI=1S/C13H13NO/c1-10-3-5-11(6-4-10)12-7-8-14(2)9-13(12)15/h3-9H,1-2H3. The topological polar surface area (TPSA) is 26.9 Å². The van der Waals surface area contributed by atoms with Crippen LogP contribution in [0.5, 0.6) is 5.75 Å². The fraction of sp³-hybridized carbons (Fsp3) is 0.154. The van der Waals surface area contributed by atoms with Gasteiger partial charge >= 0.3 is 0 Å². The summed E-state index contributed by atoms with van der Waals surface area (Å²) in [6.07, 6.45) is 3.48. The van der Waals surface area contributed by atoms with E-state index in [1.54, 1.807) is 10.8 Å². The van der Waals surface area contributed by atoms with Gasteiger partial charge in [-0.25, -0.2) is 4.57 Å². The molecule has 2 nitrogen and oxygen atoms in total. The molecule has 1 aromatic carbocycles. The van der Waals surface area contributed by atoms with E-state index < -0.39 is 0 Å². The summed E-state index contributed by atoms with van der Waals surface area (Å²) in [4.78, 5) is 0. The van der Waals surface area contributed by atoms with E-state index >= 15 is 0 Å². The number of aromatic nitrogens is 1. The Labute approximate surface area is 89.4 Å². The third kappa shape index (κ3) is 1.99.